The van der Waals surface area contributed by atoms with E-state index in [9.17, 15) is 0 Å². The van der Waals surface area contributed by atoms with E-state index in [-0.39, 0.29) is 0 Å². The second kappa shape index (κ2) is 15.5. The first-order valence-corrected chi connectivity index (χ1v) is 7.51. The molecule has 0 saturated carbocycles. The average Bonchev–Trinajstić information content (AvgIpc) is 2.35. The molecule has 0 spiro atoms. The van der Waals surface area contributed by atoms with Crippen molar-refractivity contribution in [2.75, 3.05) is 0 Å². The maximum atomic E-state index is 3.86. The van der Waals surface area contributed by atoms with Gasteiger partial charge in [-0.15, -0.1) is 0 Å². The maximum Gasteiger partial charge on any atom is -0.0169 e. The summed E-state index contributed by atoms with van der Waals surface area (Å²) >= 11 is 0. The second-order valence-corrected chi connectivity index (χ2v) is 4.73. The highest BCUT2D eigenvalue weighted by Crippen LogP contribution is 2.05. The molecule has 99 valence electrons. The third-order valence-corrected chi connectivity index (χ3v) is 2.95. The number of rotatable bonds is 12. The number of hydrogen-bond donors (Lipinski definition) is 0. The van der Waals surface area contributed by atoms with Crippen LogP contribution in [0.5, 0.6) is 0 Å². The van der Waals surface area contributed by atoms with Crippen LogP contribution < -0.4 is 0 Å². The van der Waals surface area contributed by atoms with Crippen molar-refractivity contribution in [2.45, 2.75) is 77.6 Å². The number of allylic oxidation sites excluding steroid dienone is 4. The molecule has 0 bridgehead atoms. The van der Waals surface area contributed by atoms with Gasteiger partial charge in [-0.3, -0.25) is 0 Å². The number of hydrogen-bond acceptors (Lipinski definition) is 0. The van der Waals surface area contributed by atoms with Gasteiger partial charge in [-0.05, 0) is 32.1 Å². The van der Waals surface area contributed by atoms with Crippen molar-refractivity contribution in [2.24, 2.45) is 0 Å². The molecule has 0 amide bonds. The van der Waals surface area contributed by atoms with Gasteiger partial charge in [0.1, 0.15) is 0 Å². The van der Waals surface area contributed by atoms with E-state index in [0.717, 1.165) is 12.8 Å². The van der Waals surface area contributed by atoms with Crippen LogP contribution in [0.15, 0.2) is 24.3 Å². The van der Waals surface area contributed by atoms with Crippen molar-refractivity contribution in [3.8, 4) is 0 Å². The fourth-order valence-electron chi connectivity index (χ4n) is 1.81. The maximum absolute atomic E-state index is 3.86. The summed E-state index contributed by atoms with van der Waals surface area (Å²) in [5.74, 6) is 0. The third kappa shape index (κ3) is 15.5. The standard InChI is InChI=1S/C17H31/c1-3-5-7-9-11-13-15-17-16-14-12-10-8-6-4-2/h12,14-15,17H,1,3-11,13,16H2,2H3/b14-12?,17-15-. The van der Waals surface area contributed by atoms with Gasteiger partial charge in [-0.1, -0.05) is 76.7 Å². The highest BCUT2D eigenvalue weighted by molar-refractivity contribution is 4.92. The van der Waals surface area contributed by atoms with Gasteiger partial charge in [-0.25, -0.2) is 0 Å². The van der Waals surface area contributed by atoms with E-state index in [0.29, 0.717) is 0 Å². The fourth-order valence-corrected chi connectivity index (χ4v) is 1.81. The van der Waals surface area contributed by atoms with Crippen molar-refractivity contribution in [1.82, 2.24) is 0 Å². The smallest absolute Gasteiger partial charge is 0.0169 e. The first-order valence-electron chi connectivity index (χ1n) is 7.51. The quantitative estimate of drug-likeness (QED) is 0.277. The Bertz CT molecular complexity index is 176. The summed E-state index contributed by atoms with van der Waals surface area (Å²) in [5, 5.41) is 0. The summed E-state index contributed by atoms with van der Waals surface area (Å²) in [6, 6.07) is 0. The van der Waals surface area contributed by atoms with E-state index >= 15 is 0 Å². The van der Waals surface area contributed by atoms with Gasteiger partial charge in [0.25, 0.3) is 0 Å². The minimum absolute atomic E-state index is 1.10. The summed E-state index contributed by atoms with van der Waals surface area (Å²) in [4.78, 5) is 0. The van der Waals surface area contributed by atoms with Gasteiger partial charge in [0.2, 0.25) is 0 Å². The van der Waals surface area contributed by atoms with Gasteiger partial charge in [0.15, 0.2) is 0 Å². The Labute approximate surface area is 109 Å². The van der Waals surface area contributed by atoms with Crippen LogP contribution >= 0.6 is 0 Å². The van der Waals surface area contributed by atoms with Crippen LogP contribution in [0.25, 0.3) is 0 Å². The SMILES string of the molecule is [CH2]CCCCCC/C=C\CC=CCCCCC. The average molecular weight is 235 g/mol. The summed E-state index contributed by atoms with van der Waals surface area (Å²) in [5.41, 5.74) is 0. The molecule has 17 heavy (non-hydrogen) atoms. The molecule has 0 aromatic heterocycles. The predicted octanol–water partition coefficient (Wildman–Crippen LogP) is 6.24. The molecule has 0 aromatic carbocycles. The Kier molecular flexibility index (Phi) is 15.0. The highest BCUT2D eigenvalue weighted by atomic mass is 13.9. The molecule has 0 aliphatic rings. The molecule has 0 unspecified atom stereocenters. The van der Waals surface area contributed by atoms with Crippen molar-refractivity contribution < 1.29 is 0 Å². The Morgan fingerprint density at radius 2 is 1.29 bits per heavy atom. The lowest BCUT2D eigenvalue weighted by Gasteiger charge is -1.95. The molecule has 0 heterocycles. The Morgan fingerprint density at radius 1 is 0.706 bits per heavy atom. The van der Waals surface area contributed by atoms with Crippen molar-refractivity contribution in [3.05, 3.63) is 31.2 Å². The van der Waals surface area contributed by atoms with E-state index in [1.807, 2.05) is 0 Å². The lowest BCUT2D eigenvalue weighted by Crippen LogP contribution is -1.75. The minimum Gasteiger partial charge on any atom is -0.0882 e. The van der Waals surface area contributed by atoms with Crippen LogP contribution in [0.4, 0.5) is 0 Å². The second-order valence-electron chi connectivity index (χ2n) is 4.73. The molecular weight excluding hydrogens is 204 g/mol. The molecule has 0 aliphatic heterocycles. The van der Waals surface area contributed by atoms with E-state index in [1.54, 1.807) is 0 Å². The lowest BCUT2D eigenvalue weighted by atomic mass is 10.1. The Balaban J connectivity index is 3.13. The zero-order chi connectivity index (χ0) is 12.6. The monoisotopic (exact) mass is 235 g/mol. The number of unbranched alkanes of at least 4 members (excludes halogenated alkanes) is 8. The summed E-state index contributed by atoms with van der Waals surface area (Å²) in [7, 11) is 0. The van der Waals surface area contributed by atoms with E-state index in [1.165, 1.54) is 57.8 Å². The first-order chi connectivity index (χ1) is 8.41. The molecule has 0 saturated heterocycles. The molecule has 1 radical (unpaired) electrons. The van der Waals surface area contributed by atoms with E-state index in [4.69, 9.17) is 0 Å². The summed E-state index contributed by atoms with van der Waals surface area (Å²) in [6.07, 6.45) is 23.4. The molecule has 0 N–H and O–H groups in total. The van der Waals surface area contributed by atoms with Crippen LogP contribution in [0.2, 0.25) is 0 Å². The van der Waals surface area contributed by atoms with Crippen LogP contribution in [0.3, 0.4) is 0 Å². The highest BCUT2D eigenvalue weighted by Gasteiger charge is 1.86. The molecule has 0 rings (SSSR count). The molecule has 0 fully saturated rings. The Hall–Kier alpha value is -0.520. The van der Waals surface area contributed by atoms with Gasteiger partial charge >= 0.3 is 0 Å². The largest absolute Gasteiger partial charge is 0.0882 e. The topological polar surface area (TPSA) is 0 Å². The molecule has 0 aliphatic carbocycles. The van der Waals surface area contributed by atoms with Crippen LogP contribution in [0.1, 0.15) is 77.6 Å². The molecule has 0 heteroatoms. The zero-order valence-electron chi connectivity index (χ0n) is 11.8. The van der Waals surface area contributed by atoms with Gasteiger partial charge in [0.05, 0.1) is 0 Å². The molecular formula is C17H31. The van der Waals surface area contributed by atoms with Crippen molar-refractivity contribution in [1.29, 1.82) is 0 Å². The normalized spacial score (nSPS) is 11.9. The van der Waals surface area contributed by atoms with Gasteiger partial charge < -0.3 is 0 Å². The van der Waals surface area contributed by atoms with Crippen LogP contribution in [0, 0.1) is 6.92 Å². The first kappa shape index (κ1) is 16.5. The minimum atomic E-state index is 1.10. The molecule has 0 atom stereocenters. The van der Waals surface area contributed by atoms with E-state index < -0.39 is 0 Å². The zero-order valence-corrected chi connectivity index (χ0v) is 11.8. The molecule has 0 aromatic rings. The van der Waals surface area contributed by atoms with Crippen LogP contribution in [-0.2, 0) is 0 Å². The van der Waals surface area contributed by atoms with Gasteiger partial charge in [-0.2, -0.15) is 0 Å². The van der Waals surface area contributed by atoms with Gasteiger partial charge in [0, 0.05) is 0 Å². The summed E-state index contributed by atoms with van der Waals surface area (Å²) < 4.78 is 0. The Morgan fingerprint density at radius 3 is 1.88 bits per heavy atom. The van der Waals surface area contributed by atoms with E-state index in [2.05, 4.69) is 38.2 Å². The molecule has 0 nitrogen and oxygen atoms in total. The van der Waals surface area contributed by atoms with Crippen molar-refractivity contribution >= 4 is 0 Å². The lowest BCUT2D eigenvalue weighted by molar-refractivity contribution is 0.651. The fraction of sp³-hybridized carbons (Fsp3) is 0.706. The third-order valence-electron chi connectivity index (χ3n) is 2.95. The predicted molar refractivity (Wildman–Crippen MR) is 80.1 cm³/mol. The van der Waals surface area contributed by atoms with Crippen molar-refractivity contribution in [3.63, 3.8) is 0 Å². The summed E-state index contributed by atoms with van der Waals surface area (Å²) in [6.45, 7) is 6.11. The van der Waals surface area contributed by atoms with Crippen LogP contribution in [-0.4, -0.2) is 0 Å².